The first-order valence-electron chi connectivity index (χ1n) is 7.67. The summed E-state index contributed by atoms with van der Waals surface area (Å²) in [5.74, 6) is -0.935. The van der Waals surface area contributed by atoms with Crippen LogP contribution in [0, 0.1) is 17.0 Å². The summed E-state index contributed by atoms with van der Waals surface area (Å²) in [6.07, 6.45) is 0.578. The summed E-state index contributed by atoms with van der Waals surface area (Å²) >= 11 is 0. The van der Waals surface area contributed by atoms with Gasteiger partial charge in [-0.05, 0) is 45.2 Å². The Hall–Kier alpha value is -2.38. The van der Waals surface area contributed by atoms with Crippen LogP contribution in [0.4, 0.5) is 0 Å². The number of carbonyl (C=O) groups is 2. The van der Waals surface area contributed by atoms with Gasteiger partial charge in [0, 0.05) is 17.0 Å². The van der Waals surface area contributed by atoms with E-state index in [9.17, 15) is 19.7 Å². The molecule has 0 saturated carbocycles. The number of ether oxygens (including phenoxy) is 2. The Kier molecular flexibility index (Phi) is 6.51. The van der Waals surface area contributed by atoms with Crippen LogP contribution in [0.1, 0.15) is 54.5 Å². The van der Waals surface area contributed by atoms with Crippen molar-refractivity contribution in [3.8, 4) is 0 Å². The number of nitrogens with zero attached hydrogens (tertiary/aromatic N) is 1. The van der Waals surface area contributed by atoms with E-state index in [1.54, 1.807) is 27.7 Å². The third-order valence-electron chi connectivity index (χ3n) is 3.44. The van der Waals surface area contributed by atoms with E-state index in [1.165, 1.54) is 7.11 Å². The minimum atomic E-state index is -0.670. The zero-order valence-corrected chi connectivity index (χ0v) is 14.7. The van der Waals surface area contributed by atoms with Crippen molar-refractivity contribution in [2.24, 2.45) is 0 Å². The lowest BCUT2D eigenvalue weighted by Gasteiger charge is -2.19. The molecule has 1 aromatic heterocycles. The Morgan fingerprint density at radius 2 is 1.88 bits per heavy atom. The first kappa shape index (κ1) is 19.7. The Morgan fingerprint density at radius 3 is 2.38 bits per heavy atom. The molecule has 0 aliphatic carbocycles. The van der Waals surface area contributed by atoms with Crippen LogP contribution < -0.4 is 0 Å². The molecule has 8 heteroatoms. The quantitative estimate of drug-likeness (QED) is 0.463. The number of aromatic amines is 1. The topological polar surface area (TPSA) is 112 Å². The maximum atomic E-state index is 12.4. The zero-order valence-electron chi connectivity index (χ0n) is 14.7. The molecule has 0 aliphatic heterocycles. The molecule has 0 fully saturated rings. The number of rotatable bonds is 7. The number of nitro groups is 1. The summed E-state index contributed by atoms with van der Waals surface area (Å²) in [6.45, 7) is 6.78. The standard InChI is InChI=1S/C16H24N2O6/c1-10-11(6-7-13(19)23-5)14(15(20)24-16(2,3)4)17-12(10)8-9-18(21)22/h17H,6-9H2,1-5H3. The Morgan fingerprint density at radius 1 is 1.25 bits per heavy atom. The number of carbonyl (C=O) groups excluding carboxylic acids is 2. The van der Waals surface area contributed by atoms with Gasteiger partial charge < -0.3 is 14.5 Å². The largest absolute Gasteiger partial charge is 0.469 e. The van der Waals surface area contributed by atoms with Gasteiger partial charge in [0.25, 0.3) is 0 Å². The van der Waals surface area contributed by atoms with Crippen LogP contribution in [-0.2, 0) is 27.1 Å². The van der Waals surface area contributed by atoms with Crippen molar-refractivity contribution >= 4 is 11.9 Å². The van der Waals surface area contributed by atoms with E-state index in [2.05, 4.69) is 9.72 Å². The molecule has 1 rings (SSSR count). The van der Waals surface area contributed by atoms with Crippen LogP contribution >= 0.6 is 0 Å². The molecule has 0 radical (unpaired) electrons. The van der Waals surface area contributed by atoms with E-state index in [0.29, 0.717) is 17.7 Å². The number of nitrogens with one attached hydrogen (secondary N) is 1. The monoisotopic (exact) mass is 340 g/mol. The SMILES string of the molecule is COC(=O)CCc1c(C(=O)OC(C)(C)C)[nH]c(CC[N+](=O)[O-])c1C. The van der Waals surface area contributed by atoms with Crippen molar-refractivity contribution in [1.82, 2.24) is 4.98 Å². The number of methoxy groups -OCH3 is 1. The molecule has 0 aliphatic rings. The molecule has 0 saturated heterocycles. The van der Waals surface area contributed by atoms with Crippen LogP contribution in [0.25, 0.3) is 0 Å². The molecule has 1 heterocycles. The van der Waals surface area contributed by atoms with E-state index < -0.39 is 22.5 Å². The predicted molar refractivity (Wildman–Crippen MR) is 86.6 cm³/mol. The van der Waals surface area contributed by atoms with Gasteiger partial charge in [0.1, 0.15) is 11.3 Å². The Labute approximate surface area is 140 Å². The maximum absolute atomic E-state index is 12.4. The molecule has 8 nitrogen and oxygen atoms in total. The first-order valence-corrected chi connectivity index (χ1v) is 7.67. The summed E-state index contributed by atoms with van der Waals surface area (Å²) in [7, 11) is 1.30. The summed E-state index contributed by atoms with van der Waals surface area (Å²) in [4.78, 5) is 36.9. The van der Waals surface area contributed by atoms with Crippen molar-refractivity contribution in [3.63, 3.8) is 0 Å². The van der Waals surface area contributed by atoms with Crippen LogP contribution in [0.15, 0.2) is 0 Å². The minimum Gasteiger partial charge on any atom is -0.469 e. The van der Waals surface area contributed by atoms with Crippen LogP contribution in [-0.4, -0.2) is 41.1 Å². The molecule has 24 heavy (non-hydrogen) atoms. The van der Waals surface area contributed by atoms with Gasteiger partial charge in [-0.15, -0.1) is 0 Å². The van der Waals surface area contributed by atoms with Gasteiger partial charge in [0.05, 0.1) is 13.5 Å². The molecule has 0 amide bonds. The number of H-pyrrole nitrogens is 1. The first-order chi connectivity index (χ1) is 11.0. The molecule has 134 valence electrons. The highest BCUT2D eigenvalue weighted by Gasteiger charge is 2.25. The van der Waals surface area contributed by atoms with E-state index in [1.807, 2.05) is 0 Å². The molecular formula is C16H24N2O6. The number of esters is 2. The van der Waals surface area contributed by atoms with E-state index in [4.69, 9.17) is 4.74 Å². The zero-order chi connectivity index (χ0) is 18.5. The normalized spacial score (nSPS) is 11.2. The van der Waals surface area contributed by atoms with Crippen molar-refractivity contribution in [2.75, 3.05) is 13.7 Å². The number of hydrogen-bond acceptors (Lipinski definition) is 6. The average Bonchev–Trinajstić information content (AvgIpc) is 2.77. The molecule has 1 N–H and O–H groups in total. The van der Waals surface area contributed by atoms with Gasteiger partial charge in [-0.25, -0.2) is 4.79 Å². The van der Waals surface area contributed by atoms with Gasteiger partial charge in [-0.3, -0.25) is 14.9 Å². The average molecular weight is 340 g/mol. The fraction of sp³-hybridized carbons (Fsp3) is 0.625. The summed E-state index contributed by atoms with van der Waals surface area (Å²) < 4.78 is 10.00. The van der Waals surface area contributed by atoms with Crippen LogP contribution in [0.2, 0.25) is 0 Å². The molecular weight excluding hydrogens is 316 g/mol. The highest BCUT2D eigenvalue weighted by atomic mass is 16.6. The highest BCUT2D eigenvalue weighted by molar-refractivity contribution is 5.90. The Bertz CT molecular complexity index is 627. The number of aromatic nitrogens is 1. The van der Waals surface area contributed by atoms with Crippen LogP contribution in [0.3, 0.4) is 0 Å². The van der Waals surface area contributed by atoms with Crippen molar-refractivity contribution < 1.29 is 24.0 Å². The fourth-order valence-electron chi connectivity index (χ4n) is 2.29. The van der Waals surface area contributed by atoms with Crippen molar-refractivity contribution in [3.05, 3.63) is 32.6 Å². The van der Waals surface area contributed by atoms with E-state index in [-0.39, 0.29) is 25.1 Å². The lowest BCUT2D eigenvalue weighted by molar-refractivity contribution is -0.479. The fourth-order valence-corrected chi connectivity index (χ4v) is 2.29. The van der Waals surface area contributed by atoms with Gasteiger partial charge >= 0.3 is 11.9 Å². The maximum Gasteiger partial charge on any atom is 0.355 e. The molecule has 1 aromatic rings. The summed E-state index contributed by atoms with van der Waals surface area (Å²) in [5.41, 5.74) is 1.54. The van der Waals surface area contributed by atoms with Gasteiger partial charge in [-0.1, -0.05) is 0 Å². The molecule has 0 bridgehead atoms. The molecule has 0 atom stereocenters. The number of hydrogen-bond donors (Lipinski definition) is 1. The minimum absolute atomic E-state index is 0.111. The molecule has 0 aromatic carbocycles. The lowest BCUT2D eigenvalue weighted by atomic mass is 10.0. The third kappa shape index (κ3) is 5.68. The molecule has 0 spiro atoms. The molecule has 0 unspecified atom stereocenters. The second kappa shape index (κ2) is 7.94. The third-order valence-corrected chi connectivity index (χ3v) is 3.44. The van der Waals surface area contributed by atoms with Gasteiger partial charge in [0.2, 0.25) is 6.54 Å². The highest BCUT2D eigenvalue weighted by Crippen LogP contribution is 2.23. The predicted octanol–water partition coefficient (Wildman–Crippen LogP) is 2.20. The summed E-state index contributed by atoms with van der Waals surface area (Å²) in [5, 5.41) is 10.6. The van der Waals surface area contributed by atoms with E-state index in [0.717, 1.165) is 5.56 Å². The Balaban J connectivity index is 3.12. The smallest absolute Gasteiger partial charge is 0.355 e. The van der Waals surface area contributed by atoms with Gasteiger partial charge in [-0.2, -0.15) is 0 Å². The van der Waals surface area contributed by atoms with Crippen molar-refractivity contribution in [1.29, 1.82) is 0 Å². The lowest BCUT2D eigenvalue weighted by Crippen LogP contribution is -2.25. The second-order valence-corrected chi connectivity index (χ2v) is 6.47. The van der Waals surface area contributed by atoms with Gasteiger partial charge in [0.15, 0.2) is 0 Å². The van der Waals surface area contributed by atoms with Crippen LogP contribution in [0.5, 0.6) is 0 Å². The second-order valence-electron chi connectivity index (χ2n) is 6.47. The summed E-state index contributed by atoms with van der Waals surface area (Å²) in [6, 6.07) is 0. The van der Waals surface area contributed by atoms with E-state index >= 15 is 0 Å². The van der Waals surface area contributed by atoms with Crippen molar-refractivity contribution in [2.45, 2.75) is 52.6 Å².